The van der Waals surface area contributed by atoms with Gasteiger partial charge in [-0.1, -0.05) is 6.92 Å². The zero-order valence-electron chi connectivity index (χ0n) is 12.4. The summed E-state index contributed by atoms with van der Waals surface area (Å²) < 4.78 is 6.14. The first kappa shape index (κ1) is 14.7. The third-order valence-electron chi connectivity index (χ3n) is 5.90. The number of aliphatic carboxylic acids is 1. The normalized spacial score (nSPS) is 40.9. The molecule has 0 aromatic heterocycles. The molecule has 4 heteroatoms. The van der Waals surface area contributed by atoms with Gasteiger partial charge in [0.25, 0.3) is 0 Å². The standard InChI is InChI=1S/C16H26O3S/c1-12-2-4-16(10-12,14(17)18)13-3-7-19-15(11-13)5-8-20-9-6-15/h12-13H,2-11H2,1H3,(H,17,18). The first-order chi connectivity index (χ1) is 9.56. The Kier molecular flexibility index (Phi) is 4.06. The highest BCUT2D eigenvalue weighted by molar-refractivity contribution is 7.99. The van der Waals surface area contributed by atoms with Gasteiger partial charge < -0.3 is 9.84 Å². The van der Waals surface area contributed by atoms with Crippen molar-refractivity contribution >= 4 is 17.7 Å². The Labute approximate surface area is 125 Å². The van der Waals surface area contributed by atoms with Gasteiger partial charge in [-0.3, -0.25) is 4.79 Å². The summed E-state index contributed by atoms with van der Waals surface area (Å²) >= 11 is 2.01. The van der Waals surface area contributed by atoms with E-state index in [0.29, 0.717) is 11.8 Å². The molecular formula is C16H26O3S. The van der Waals surface area contributed by atoms with Crippen LogP contribution in [-0.4, -0.2) is 34.8 Å². The van der Waals surface area contributed by atoms with Gasteiger partial charge in [0.2, 0.25) is 0 Å². The lowest BCUT2D eigenvalue weighted by Gasteiger charge is -2.47. The Morgan fingerprint density at radius 3 is 2.55 bits per heavy atom. The molecule has 2 heterocycles. The lowest BCUT2D eigenvalue weighted by Crippen LogP contribution is -2.49. The Hall–Kier alpha value is -0.220. The Bertz CT molecular complexity index is 372. The molecule has 1 N–H and O–H groups in total. The predicted molar refractivity (Wildman–Crippen MR) is 81.0 cm³/mol. The monoisotopic (exact) mass is 298 g/mol. The molecule has 0 aromatic rings. The molecule has 20 heavy (non-hydrogen) atoms. The maximum atomic E-state index is 12.0. The minimum absolute atomic E-state index is 0.00243. The van der Waals surface area contributed by atoms with E-state index >= 15 is 0 Å². The molecule has 114 valence electrons. The SMILES string of the molecule is CC1CCC(C(=O)O)(C2CCOC3(CCSCC3)C2)C1. The summed E-state index contributed by atoms with van der Waals surface area (Å²) in [5, 5.41) is 9.88. The van der Waals surface area contributed by atoms with Crippen molar-refractivity contribution in [3.63, 3.8) is 0 Å². The lowest BCUT2D eigenvalue weighted by molar-refractivity contribution is -0.164. The number of ether oxygens (including phenoxy) is 1. The maximum Gasteiger partial charge on any atom is 0.309 e. The summed E-state index contributed by atoms with van der Waals surface area (Å²) in [6.45, 7) is 2.97. The van der Waals surface area contributed by atoms with Crippen LogP contribution in [0, 0.1) is 17.3 Å². The van der Waals surface area contributed by atoms with E-state index < -0.39 is 11.4 Å². The fourth-order valence-electron chi connectivity index (χ4n) is 4.66. The van der Waals surface area contributed by atoms with E-state index in [1.807, 2.05) is 11.8 Å². The number of carboxylic acid groups (broad SMARTS) is 1. The molecule has 3 nitrogen and oxygen atoms in total. The highest BCUT2D eigenvalue weighted by Gasteiger charge is 2.53. The Balaban J connectivity index is 1.79. The van der Waals surface area contributed by atoms with E-state index in [1.165, 1.54) is 11.5 Å². The summed E-state index contributed by atoms with van der Waals surface area (Å²) in [7, 11) is 0. The predicted octanol–water partition coefficient (Wildman–Crippen LogP) is 3.57. The molecule has 3 atom stereocenters. The molecule has 3 unspecified atom stereocenters. The zero-order valence-corrected chi connectivity index (χ0v) is 13.2. The van der Waals surface area contributed by atoms with Gasteiger partial charge in [-0.25, -0.2) is 0 Å². The van der Waals surface area contributed by atoms with Crippen LogP contribution in [-0.2, 0) is 9.53 Å². The van der Waals surface area contributed by atoms with E-state index in [1.54, 1.807) is 0 Å². The molecule has 1 saturated carbocycles. The summed E-state index contributed by atoms with van der Waals surface area (Å²) in [5.41, 5.74) is -0.455. The quantitative estimate of drug-likeness (QED) is 0.846. The van der Waals surface area contributed by atoms with Gasteiger partial charge in [-0.05, 0) is 68.3 Å². The number of thioether (sulfide) groups is 1. The average Bonchev–Trinajstić information content (AvgIpc) is 2.83. The third kappa shape index (κ3) is 2.50. The summed E-state index contributed by atoms with van der Waals surface area (Å²) in [6.07, 6.45) is 6.96. The average molecular weight is 298 g/mol. The maximum absolute atomic E-state index is 12.0. The second-order valence-electron chi connectivity index (χ2n) is 7.14. The molecular weight excluding hydrogens is 272 g/mol. The topological polar surface area (TPSA) is 46.5 Å². The minimum Gasteiger partial charge on any atom is -0.481 e. The Morgan fingerprint density at radius 2 is 1.95 bits per heavy atom. The highest BCUT2D eigenvalue weighted by Crippen LogP contribution is 2.54. The van der Waals surface area contributed by atoms with Crippen LogP contribution in [0.1, 0.15) is 51.9 Å². The van der Waals surface area contributed by atoms with Crippen LogP contribution in [0.4, 0.5) is 0 Å². The molecule has 1 spiro atoms. The van der Waals surface area contributed by atoms with Crippen LogP contribution in [0.2, 0.25) is 0 Å². The summed E-state index contributed by atoms with van der Waals surface area (Å²) in [6, 6.07) is 0. The van der Waals surface area contributed by atoms with E-state index in [4.69, 9.17) is 4.74 Å². The van der Waals surface area contributed by atoms with Gasteiger partial charge in [-0.15, -0.1) is 0 Å². The van der Waals surface area contributed by atoms with Gasteiger partial charge in [0.05, 0.1) is 11.0 Å². The zero-order chi connectivity index (χ0) is 14.2. The van der Waals surface area contributed by atoms with Gasteiger partial charge in [0.1, 0.15) is 0 Å². The van der Waals surface area contributed by atoms with Gasteiger partial charge in [0, 0.05) is 6.61 Å². The number of carbonyl (C=O) groups is 1. The molecule has 0 aromatic carbocycles. The van der Waals surface area contributed by atoms with Crippen LogP contribution >= 0.6 is 11.8 Å². The fraction of sp³-hybridized carbons (Fsp3) is 0.938. The molecule has 2 saturated heterocycles. The van der Waals surface area contributed by atoms with E-state index in [2.05, 4.69) is 6.92 Å². The molecule has 3 aliphatic rings. The summed E-state index contributed by atoms with van der Waals surface area (Å²) in [4.78, 5) is 12.0. The number of hydrogen-bond acceptors (Lipinski definition) is 3. The van der Waals surface area contributed by atoms with Crippen molar-refractivity contribution in [1.82, 2.24) is 0 Å². The van der Waals surface area contributed by atoms with Crippen molar-refractivity contribution in [3.8, 4) is 0 Å². The van der Waals surface area contributed by atoms with E-state index in [-0.39, 0.29) is 5.60 Å². The van der Waals surface area contributed by atoms with Crippen molar-refractivity contribution in [2.24, 2.45) is 17.3 Å². The second kappa shape index (κ2) is 5.53. The molecule has 0 bridgehead atoms. The van der Waals surface area contributed by atoms with Crippen molar-refractivity contribution < 1.29 is 14.6 Å². The van der Waals surface area contributed by atoms with Crippen LogP contribution < -0.4 is 0 Å². The lowest BCUT2D eigenvalue weighted by atomic mass is 9.66. The van der Waals surface area contributed by atoms with Crippen molar-refractivity contribution in [1.29, 1.82) is 0 Å². The van der Waals surface area contributed by atoms with E-state index in [9.17, 15) is 9.90 Å². The highest BCUT2D eigenvalue weighted by atomic mass is 32.2. The molecule has 3 rings (SSSR count). The minimum atomic E-state index is -0.547. The van der Waals surface area contributed by atoms with Crippen molar-refractivity contribution in [2.75, 3.05) is 18.1 Å². The largest absolute Gasteiger partial charge is 0.481 e. The van der Waals surface area contributed by atoms with Crippen molar-refractivity contribution in [3.05, 3.63) is 0 Å². The first-order valence-corrected chi connectivity index (χ1v) is 9.17. The number of hydrogen-bond donors (Lipinski definition) is 1. The molecule has 0 radical (unpaired) electrons. The number of rotatable bonds is 2. The summed E-state index contributed by atoms with van der Waals surface area (Å²) in [5.74, 6) is 2.68. The van der Waals surface area contributed by atoms with Crippen LogP contribution in [0.25, 0.3) is 0 Å². The van der Waals surface area contributed by atoms with Gasteiger partial charge in [-0.2, -0.15) is 11.8 Å². The number of carboxylic acids is 1. The molecule has 3 fully saturated rings. The molecule has 1 aliphatic carbocycles. The first-order valence-electron chi connectivity index (χ1n) is 8.01. The Morgan fingerprint density at radius 1 is 1.20 bits per heavy atom. The van der Waals surface area contributed by atoms with Gasteiger partial charge in [0.15, 0.2) is 0 Å². The van der Waals surface area contributed by atoms with Gasteiger partial charge >= 0.3 is 5.97 Å². The smallest absolute Gasteiger partial charge is 0.309 e. The third-order valence-corrected chi connectivity index (χ3v) is 6.89. The van der Waals surface area contributed by atoms with Crippen LogP contribution in [0.15, 0.2) is 0 Å². The molecule has 0 amide bonds. The van der Waals surface area contributed by atoms with E-state index in [0.717, 1.165) is 51.6 Å². The fourth-order valence-corrected chi connectivity index (χ4v) is 5.90. The van der Waals surface area contributed by atoms with Crippen molar-refractivity contribution in [2.45, 2.75) is 57.5 Å². The van der Waals surface area contributed by atoms with Crippen LogP contribution in [0.3, 0.4) is 0 Å². The second-order valence-corrected chi connectivity index (χ2v) is 8.37. The molecule has 2 aliphatic heterocycles. The van der Waals surface area contributed by atoms with Crippen LogP contribution in [0.5, 0.6) is 0 Å².